The zero-order valence-electron chi connectivity index (χ0n) is 18.1. The van der Waals surface area contributed by atoms with Crippen molar-refractivity contribution in [2.75, 3.05) is 20.8 Å². The van der Waals surface area contributed by atoms with Gasteiger partial charge in [0, 0.05) is 18.5 Å². The van der Waals surface area contributed by atoms with Crippen LogP contribution in [0.3, 0.4) is 0 Å². The molecule has 4 rings (SSSR count). The molecule has 160 valence electrons. The Morgan fingerprint density at radius 2 is 1.97 bits per heavy atom. The van der Waals surface area contributed by atoms with E-state index in [1.807, 2.05) is 30.3 Å². The van der Waals surface area contributed by atoms with Gasteiger partial charge in [0.15, 0.2) is 6.61 Å². The second-order valence-electron chi connectivity index (χ2n) is 7.87. The van der Waals surface area contributed by atoms with E-state index in [-0.39, 0.29) is 18.6 Å². The van der Waals surface area contributed by atoms with Gasteiger partial charge >= 0.3 is 5.97 Å². The molecule has 0 aliphatic heterocycles. The maximum Gasteiger partial charge on any atom is 0.340 e. The summed E-state index contributed by atoms with van der Waals surface area (Å²) in [5.74, 6) is -0.0626. The summed E-state index contributed by atoms with van der Waals surface area (Å²) in [5.41, 5.74) is 4.11. The normalized spacial score (nSPS) is 15.3. The highest BCUT2D eigenvalue weighted by atomic mass is 16.5. The molecule has 31 heavy (non-hydrogen) atoms. The Morgan fingerprint density at radius 3 is 2.77 bits per heavy atom. The fourth-order valence-electron chi connectivity index (χ4n) is 4.19. The van der Waals surface area contributed by atoms with Gasteiger partial charge in [-0.15, -0.1) is 0 Å². The molecule has 1 amide bonds. The number of nitrogens with zero attached hydrogens (tertiary/aromatic N) is 2. The Hall–Kier alpha value is -3.41. The molecule has 0 N–H and O–H groups in total. The predicted molar refractivity (Wildman–Crippen MR) is 118 cm³/mol. The summed E-state index contributed by atoms with van der Waals surface area (Å²) in [4.78, 5) is 31.6. The number of methoxy groups -OCH3 is 1. The van der Waals surface area contributed by atoms with Crippen LogP contribution in [-0.2, 0) is 16.0 Å². The number of esters is 1. The van der Waals surface area contributed by atoms with Crippen molar-refractivity contribution in [1.82, 2.24) is 9.88 Å². The summed E-state index contributed by atoms with van der Waals surface area (Å²) in [6, 6.07) is 15.4. The Balaban J connectivity index is 1.45. The van der Waals surface area contributed by atoms with E-state index in [2.05, 4.69) is 17.1 Å². The Bertz CT molecular complexity index is 1140. The standard InChI is InChI=1S/C25H26N2O4/c1-16-21(13-18-11-12-19(30-3)14-22(18)26-16)25(29)31-15-24(28)27(2)23-10-6-8-17-7-4-5-9-20(17)23/h4-5,7,9,11-14,23H,6,8,10,15H2,1-3H3. The molecule has 0 saturated carbocycles. The number of ether oxygens (including phenoxy) is 2. The first-order valence-electron chi connectivity index (χ1n) is 10.4. The van der Waals surface area contributed by atoms with E-state index in [0.717, 1.165) is 30.2 Å². The molecule has 0 radical (unpaired) electrons. The fraction of sp³-hybridized carbons (Fsp3) is 0.320. The average molecular weight is 418 g/mol. The van der Waals surface area contributed by atoms with Gasteiger partial charge < -0.3 is 14.4 Å². The number of amides is 1. The minimum atomic E-state index is -0.548. The van der Waals surface area contributed by atoms with E-state index in [9.17, 15) is 9.59 Å². The van der Waals surface area contributed by atoms with Crippen LogP contribution < -0.4 is 4.74 Å². The highest BCUT2D eigenvalue weighted by molar-refractivity contribution is 5.96. The van der Waals surface area contributed by atoms with Crippen molar-refractivity contribution in [3.8, 4) is 5.75 Å². The van der Waals surface area contributed by atoms with Crippen LogP contribution in [0, 0.1) is 6.92 Å². The highest BCUT2D eigenvalue weighted by Crippen LogP contribution is 2.33. The van der Waals surface area contributed by atoms with Crippen LogP contribution in [0.15, 0.2) is 48.5 Å². The monoisotopic (exact) mass is 418 g/mol. The van der Waals surface area contributed by atoms with Gasteiger partial charge in [-0.2, -0.15) is 0 Å². The number of hydrogen-bond acceptors (Lipinski definition) is 5. The summed E-state index contributed by atoms with van der Waals surface area (Å²) in [6.45, 7) is 1.45. The lowest BCUT2D eigenvalue weighted by Gasteiger charge is -2.33. The first-order valence-corrected chi connectivity index (χ1v) is 10.4. The van der Waals surface area contributed by atoms with E-state index in [0.29, 0.717) is 17.0 Å². The number of aromatic nitrogens is 1. The molecule has 6 heteroatoms. The van der Waals surface area contributed by atoms with E-state index in [1.54, 1.807) is 32.0 Å². The number of rotatable bonds is 5. The molecule has 3 aromatic rings. The van der Waals surface area contributed by atoms with Crippen molar-refractivity contribution in [3.05, 3.63) is 70.9 Å². The van der Waals surface area contributed by atoms with Crippen molar-refractivity contribution in [3.63, 3.8) is 0 Å². The highest BCUT2D eigenvalue weighted by Gasteiger charge is 2.27. The third kappa shape index (κ3) is 4.24. The first kappa shape index (κ1) is 20.8. The maximum absolute atomic E-state index is 12.8. The number of pyridine rings is 1. The van der Waals surface area contributed by atoms with Gasteiger partial charge in [-0.3, -0.25) is 9.78 Å². The molecule has 0 bridgehead atoms. The Labute approximate surface area is 181 Å². The van der Waals surface area contributed by atoms with Gasteiger partial charge in [0.2, 0.25) is 0 Å². The van der Waals surface area contributed by atoms with Crippen LogP contribution in [0.4, 0.5) is 0 Å². The zero-order valence-corrected chi connectivity index (χ0v) is 18.1. The molecule has 1 atom stereocenters. The molecular formula is C25H26N2O4. The van der Waals surface area contributed by atoms with Crippen LogP contribution in [0.5, 0.6) is 5.75 Å². The van der Waals surface area contributed by atoms with E-state index >= 15 is 0 Å². The van der Waals surface area contributed by atoms with Gasteiger partial charge in [-0.05, 0) is 55.5 Å². The number of hydrogen-bond donors (Lipinski definition) is 0. The Morgan fingerprint density at radius 1 is 1.16 bits per heavy atom. The van der Waals surface area contributed by atoms with E-state index in [4.69, 9.17) is 9.47 Å². The Kier molecular flexibility index (Phi) is 5.89. The topological polar surface area (TPSA) is 68.7 Å². The van der Waals surface area contributed by atoms with Crippen molar-refractivity contribution in [2.45, 2.75) is 32.2 Å². The second-order valence-corrected chi connectivity index (χ2v) is 7.87. The number of carbonyl (C=O) groups is 2. The number of benzene rings is 2. The molecule has 1 aliphatic carbocycles. The minimum Gasteiger partial charge on any atom is -0.497 e. The van der Waals surface area contributed by atoms with Gasteiger partial charge in [0.05, 0.1) is 29.9 Å². The smallest absolute Gasteiger partial charge is 0.340 e. The van der Waals surface area contributed by atoms with Crippen molar-refractivity contribution in [1.29, 1.82) is 0 Å². The maximum atomic E-state index is 12.8. The second kappa shape index (κ2) is 8.76. The molecule has 6 nitrogen and oxygen atoms in total. The fourth-order valence-corrected chi connectivity index (χ4v) is 4.19. The van der Waals surface area contributed by atoms with Crippen molar-refractivity contribution >= 4 is 22.8 Å². The molecule has 0 spiro atoms. The third-order valence-electron chi connectivity index (χ3n) is 5.96. The lowest BCUT2D eigenvalue weighted by molar-refractivity contribution is -0.135. The van der Waals surface area contributed by atoms with Crippen LogP contribution in [0.1, 0.15) is 46.1 Å². The average Bonchev–Trinajstić information content (AvgIpc) is 2.80. The van der Waals surface area contributed by atoms with Crippen LogP contribution >= 0.6 is 0 Å². The van der Waals surface area contributed by atoms with Crippen molar-refractivity contribution < 1.29 is 19.1 Å². The molecule has 2 aromatic carbocycles. The SMILES string of the molecule is COc1ccc2cc(C(=O)OCC(=O)N(C)C3CCCc4ccccc43)c(C)nc2c1. The largest absolute Gasteiger partial charge is 0.497 e. The summed E-state index contributed by atoms with van der Waals surface area (Å²) >= 11 is 0. The van der Waals surface area contributed by atoms with Crippen LogP contribution in [-0.4, -0.2) is 42.5 Å². The quantitative estimate of drug-likeness (QED) is 0.580. The van der Waals surface area contributed by atoms with Gasteiger partial charge in [0.1, 0.15) is 5.75 Å². The first-order chi connectivity index (χ1) is 15.0. The number of aryl methyl sites for hydroxylation is 2. The molecule has 1 aliphatic rings. The van der Waals surface area contributed by atoms with Crippen molar-refractivity contribution in [2.24, 2.45) is 0 Å². The number of fused-ring (bicyclic) bond motifs is 2. The van der Waals surface area contributed by atoms with Crippen LogP contribution in [0.25, 0.3) is 10.9 Å². The van der Waals surface area contributed by atoms with Crippen LogP contribution in [0.2, 0.25) is 0 Å². The number of carbonyl (C=O) groups excluding carboxylic acids is 2. The zero-order chi connectivity index (χ0) is 22.0. The summed E-state index contributed by atoms with van der Waals surface area (Å²) < 4.78 is 10.6. The van der Waals surface area contributed by atoms with Gasteiger partial charge in [-0.25, -0.2) is 4.79 Å². The lowest BCUT2D eigenvalue weighted by Crippen LogP contribution is -2.36. The molecule has 1 unspecified atom stereocenters. The third-order valence-corrected chi connectivity index (χ3v) is 5.96. The van der Waals surface area contributed by atoms with Gasteiger partial charge in [-0.1, -0.05) is 24.3 Å². The van der Waals surface area contributed by atoms with E-state index in [1.165, 1.54) is 11.1 Å². The molecule has 0 fully saturated rings. The molecule has 1 heterocycles. The molecular weight excluding hydrogens is 392 g/mol. The van der Waals surface area contributed by atoms with E-state index < -0.39 is 5.97 Å². The lowest BCUT2D eigenvalue weighted by atomic mass is 9.87. The molecule has 0 saturated heterocycles. The molecule has 1 aromatic heterocycles. The minimum absolute atomic E-state index is 0.00945. The summed E-state index contributed by atoms with van der Waals surface area (Å²) in [5, 5.41) is 0.806. The number of likely N-dealkylation sites (N-methyl/N-ethyl adjacent to an activating group) is 1. The predicted octanol–water partition coefficient (Wildman–Crippen LogP) is 4.24. The van der Waals surface area contributed by atoms with Gasteiger partial charge in [0.25, 0.3) is 5.91 Å². The summed E-state index contributed by atoms with van der Waals surface area (Å²) in [6.07, 6.45) is 2.97. The summed E-state index contributed by atoms with van der Waals surface area (Å²) in [7, 11) is 3.37.